The van der Waals surface area contributed by atoms with E-state index in [4.69, 9.17) is 16.3 Å². The number of carbonyl (C=O) groups excluding carboxylic acids is 2. The molecular weight excluding hydrogens is 433 g/mol. The van der Waals surface area contributed by atoms with Gasteiger partial charge in [-0.25, -0.2) is 17.6 Å². The maximum atomic E-state index is 13.4. The third kappa shape index (κ3) is 4.20. The summed E-state index contributed by atoms with van der Waals surface area (Å²) in [5, 5.41) is 1.51. The zero-order valence-electron chi connectivity index (χ0n) is 16.6. The Bertz CT molecular complexity index is 1060. The Hall–Kier alpha value is -2.45. The molecule has 0 unspecified atom stereocenters. The van der Waals surface area contributed by atoms with E-state index < -0.39 is 44.1 Å². The van der Waals surface area contributed by atoms with Crippen LogP contribution in [0.2, 0.25) is 5.02 Å². The van der Waals surface area contributed by atoms with E-state index in [1.807, 2.05) is 0 Å². The van der Waals surface area contributed by atoms with Crippen LogP contribution in [0.25, 0.3) is 0 Å². The number of halogens is 2. The topological polar surface area (TPSA) is 89.5 Å². The summed E-state index contributed by atoms with van der Waals surface area (Å²) in [5.41, 5.74) is -2.19. The summed E-state index contributed by atoms with van der Waals surface area (Å²) in [7, 11) is -4.05. The number of benzene rings is 2. The smallest absolute Gasteiger partial charge is 0.408 e. The molecule has 0 spiro atoms. The maximum absolute atomic E-state index is 13.4. The van der Waals surface area contributed by atoms with E-state index in [1.165, 1.54) is 48.5 Å². The van der Waals surface area contributed by atoms with Crippen molar-refractivity contribution in [1.29, 1.82) is 0 Å². The lowest BCUT2D eigenvalue weighted by Gasteiger charge is -2.22. The molecule has 1 saturated carbocycles. The van der Waals surface area contributed by atoms with Crippen molar-refractivity contribution in [3.8, 4) is 0 Å². The number of ether oxygens (including phenoxy) is 1. The standard InChI is InChI=1S/C21H21ClFNO5S/c1-20(2,3)29-19(26)24-21(12-25)17(13-4-8-15(23)9-5-13)18(21)30(27,28)16-10-6-14(22)7-11-16/h4-12,17-18H,1-3H3,(H,24,26)/t17-,18+,21+/m0/s1. The van der Waals surface area contributed by atoms with E-state index in [-0.39, 0.29) is 4.90 Å². The molecule has 2 aromatic carbocycles. The van der Waals surface area contributed by atoms with Crippen molar-refractivity contribution in [1.82, 2.24) is 5.32 Å². The third-order valence-electron chi connectivity index (χ3n) is 4.80. The van der Waals surface area contributed by atoms with Crippen LogP contribution in [0.15, 0.2) is 53.4 Å². The highest BCUT2D eigenvalue weighted by atomic mass is 35.5. The predicted octanol–water partition coefficient (Wildman–Crippen LogP) is 3.88. The van der Waals surface area contributed by atoms with E-state index >= 15 is 0 Å². The summed E-state index contributed by atoms with van der Waals surface area (Å²) >= 11 is 5.85. The number of rotatable bonds is 5. The summed E-state index contributed by atoms with van der Waals surface area (Å²) < 4.78 is 45.3. The van der Waals surface area contributed by atoms with Crippen molar-refractivity contribution >= 4 is 33.8 Å². The second-order valence-electron chi connectivity index (χ2n) is 8.13. The molecule has 0 saturated heterocycles. The summed E-state index contributed by atoms with van der Waals surface area (Å²) in [5.74, 6) is -1.42. The molecule has 0 radical (unpaired) electrons. The van der Waals surface area contributed by atoms with Crippen LogP contribution in [0.1, 0.15) is 32.3 Å². The number of alkyl carbamates (subject to hydrolysis) is 1. The van der Waals surface area contributed by atoms with Crippen LogP contribution in [0.4, 0.5) is 9.18 Å². The Kier molecular flexibility index (Phi) is 5.68. The molecule has 0 heterocycles. The lowest BCUT2D eigenvalue weighted by atomic mass is 10.1. The van der Waals surface area contributed by atoms with Gasteiger partial charge in [-0.3, -0.25) is 0 Å². The highest BCUT2D eigenvalue weighted by Crippen LogP contribution is 2.56. The second-order valence-corrected chi connectivity index (χ2v) is 10.6. The molecule has 160 valence electrons. The first-order valence-corrected chi connectivity index (χ1v) is 11.1. The molecule has 3 atom stereocenters. The first kappa shape index (κ1) is 22.2. The van der Waals surface area contributed by atoms with Gasteiger partial charge in [-0.05, 0) is 62.7 Å². The highest BCUT2D eigenvalue weighted by molar-refractivity contribution is 7.92. The summed E-state index contributed by atoms with van der Waals surface area (Å²) in [6, 6.07) is 10.6. The average Bonchev–Trinajstić information content (AvgIpc) is 3.30. The van der Waals surface area contributed by atoms with Crippen molar-refractivity contribution in [2.75, 3.05) is 0 Å². The van der Waals surface area contributed by atoms with Gasteiger partial charge >= 0.3 is 6.09 Å². The zero-order valence-corrected chi connectivity index (χ0v) is 18.1. The van der Waals surface area contributed by atoms with Crippen molar-refractivity contribution in [2.24, 2.45) is 0 Å². The molecule has 1 amide bonds. The summed E-state index contributed by atoms with van der Waals surface area (Å²) in [6.07, 6.45) is -0.515. The molecule has 30 heavy (non-hydrogen) atoms. The zero-order chi connectivity index (χ0) is 22.3. The molecular formula is C21H21ClFNO5S. The van der Waals surface area contributed by atoms with E-state index in [0.29, 0.717) is 16.9 Å². The molecule has 1 aliphatic rings. The van der Waals surface area contributed by atoms with Crippen LogP contribution in [0.3, 0.4) is 0 Å². The van der Waals surface area contributed by atoms with Crippen molar-refractivity contribution in [2.45, 2.75) is 48.0 Å². The molecule has 1 aliphatic carbocycles. The minimum atomic E-state index is -4.05. The van der Waals surface area contributed by atoms with Crippen molar-refractivity contribution in [3.05, 3.63) is 64.9 Å². The minimum absolute atomic E-state index is 0.0428. The molecule has 0 bridgehead atoms. The van der Waals surface area contributed by atoms with Gasteiger partial charge in [0.1, 0.15) is 28.5 Å². The van der Waals surface area contributed by atoms with Crippen LogP contribution >= 0.6 is 11.6 Å². The van der Waals surface area contributed by atoms with Gasteiger partial charge in [0, 0.05) is 10.9 Å². The Labute approximate surface area is 179 Å². The van der Waals surface area contributed by atoms with Crippen molar-refractivity contribution in [3.63, 3.8) is 0 Å². The number of nitrogens with one attached hydrogen (secondary N) is 1. The van der Waals surface area contributed by atoms with Gasteiger partial charge in [-0.1, -0.05) is 23.7 Å². The lowest BCUT2D eigenvalue weighted by Crippen LogP contribution is -2.45. The van der Waals surface area contributed by atoms with Crippen LogP contribution in [0.5, 0.6) is 0 Å². The molecule has 0 aliphatic heterocycles. The van der Waals surface area contributed by atoms with Gasteiger partial charge in [0.15, 0.2) is 9.84 Å². The molecule has 9 heteroatoms. The van der Waals surface area contributed by atoms with E-state index in [9.17, 15) is 22.4 Å². The number of hydrogen-bond acceptors (Lipinski definition) is 5. The third-order valence-corrected chi connectivity index (χ3v) is 7.31. The SMILES string of the molecule is CC(C)(C)OC(=O)N[C@@]1(C=O)[C@H](S(=O)(=O)c2ccc(Cl)cc2)[C@@H]1c1ccc(F)cc1. The number of amides is 1. The van der Waals surface area contributed by atoms with E-state index in [0.717, 1.165) is 0 Å². The number of aldehydes is 1. The Morgan fingerprint density at radius 2 is 1.70 bits per heavy atom. The lowest BCUT2D eigenvalue weighted by molar-refractivity contribution is -0.110. The normalized spacial score (nSPS) is 23.5. The largest absolute Gasteiger partial charge is 0.444 e. The molecule has 6 nitrogen and oxygen atoms in total. The number of sulfone groups is 1. The van der Waals surface area contributed by atoms with Crippen LogP contribution < -0.4 is 5.32 Å². The Morgan fingerprint density at radius 3 is 2.20 bits per heavy atom. The molecule has 1 fully saturated rings. The first-order valence-electron chi connectivity index (χ1n) is 9.13. The van der Waals surface area contributed by atoms with Gasteiger partial charge in [-0.2, -0.15) is 0 Å². The van der Waals surface area contributed by atoms with Gasteiger partial charge < -0.3 is 14.8 Å². The van der Waals surface area contributed by atoms with Crippen LogP contribution in [0, 0.1) is 5.82 Å². The molecule has 3 rings (SSSR count). The number of carbonyl (C=O) groups is 2. The average molecular weight is 454 g/mol. The fourth-order valence-corrected chi connectivity index (χ4v) is 5.87. The number of hydrogen-bond donors (Lipinski definition) is 1. The van der Waals surface area contributed by atoms with Crippen molar-refractivity contribution < 1.29 is 27.1 Å². The quantitative estimate of drug-likeness (QED) is 0.694. The fraction of sp³-hybridized carbons (Fsp3) is 0.333. The molecule has 0 aromatic heterocycles. The first-order chi connectivity index (χ1) is 13.9. The molecule has 1 N–H and O–H groups in total. The van der Waals surface area contributed by atoms with E-state index in [1.54, 1.807) is 20.8 Å². The van der Waals surface area contributed by atoms with Gasteiger partial charge in [0.2, 0.25) is 0 Å². The predicted molar refractivity (Wildman–Crippen MR) is 110 cm³/mol. The minimum Gasteiger partial charge on any atom is -0.444 e. The fourth-order valence-electron chi connectivity index (χ4n) is 3.50. The second kappa shape index (κ2) is 7.67. The van der Waals surface area contributed by atoms with Gasteiger partial charge in [0.25, 0.3) is 0 Å². The van der Waals surface area contributed by atoms with E-state index in [2.05, 4.69) is 5.32 Å². The van der Waals surface area contributed by atoms with Gasteiger partial charge in [-0.15, -0.1) is 0 Å². The molecule has 2 aromatic rings. The summed E-state index contributed by atoms with van der Waals surface area (Å²) in [6.45, 7) is 4.94. The van der Waals surface area contributed by atoms with Crippen LogP contribution in [-0.2, 0) is 19.4 Å². The van der Waals surface area contributed by atoms with Gasteiger partial charge in [0.05, 0.1) is 4.90 Å². The summed E-state index contributed by atoms with van der Waals surface area (Å²) in [4.78, 5) is 24.5. The highest BCUT2D eigenvalue weighted by Gasteiger charge is 2.73. The Balaban J connectivity index is 2.04. The maximum Gasteiger partial charge on any atom is 0.408 e. The Morgan fingerprint density at radius 1 is 1.13 bits per heavy atom. The monoisotopic (exact) mass is 453 g/mol. The van der Waals surface area contributed by atoms with Crippen LogP contribution in [-0.4, -0.2) is 37.2 Å².